The Kier molecular flexibility index (Phi) is 13.6. The normalized spacial score (nSPS) is 14.7. The lowest BCUT2D eigenvalue weighted by Gasteiger charge is -2.26. The van der Waals surface area contributed by atoms with Gasteiger partial charge in [0.15, 0.2) is 5.96 Å². The molecule has 0 aromatic heterocycles. The van der Waals surface area contributed by atoms with Crippen molar-refractivity contribution in [3.05, 3.63) is 29.8 Å². The fraction of sp³-hybridized carbons (Fsp3) is 0.542. The lowest BCUT2D eigenvalue weighted by atomic mass is 9.99. The highest BCUT2D eigenvalue weighted by Crippen LogP contribution is 2.12. The summed E-state index contributed by atoms with van der Waals surface area (Å²) in [5, 5.41) is 35.9. The maximum absolute atomic E-state index is 13.1. The van der Waals surface area contributed by atoms with E-state index >= 15 is 0 Å². The van der Waals surface area contributed by atoms with E-state index in [1.54, 1.807) is 26.0 Å². The van der Waals surface area contributed by atoms with Crippen molar-refractivity contribution in [3.8, 4) is 5.75 Å². The van der Waals surface area contributed by atoms with E-state index in [4.69, 9.17) is 17.2 Å². The number of rotatable bonds is 16. The zero-order valence-corrected chi connectivity index (χ0v) is 21.6. The molecule has 3 amide bonds. The summed E-state index contributed by atoms with van der Waals surface area (Å²) < 4.78 is 0. The number of aliphatic hydroxyl groups excluding tert-OH is 1. The van der Waals surface area contributed by atoms with E-state index in [1.807, 2.05) is 0 Å². The second kappa shape index (κ2) is 16.0. The summed E-state index contributed by atoms with van der Waals surface area (Å²) in [7, 11) is 0. The SMILES string of the molecule is CCC(C)C(NC(=O)C(CO)NC(=O)C(Cc1ccc(O)cc1)NC(=O)C(N)CCCN=C(N)N)C(=O)O. The Hall–Kier alpha value is -3.91. The van der Waals surface area contributed by atoms with Gasteiger partial charge in [0.1, 0.15) is 23.9 Å². The monoisotopic (exact) mass is 537 g/mol. The highest BCUT2D eigenvalue weighted by atomic mass is 16.4. The van der Waals surface area contributed by atoms with Crippen molar-refractivity contribution in [1.29, 1.82) is 0 Å². The number of carboxylic acid groups (broad SMARTS) is 1. The van der Waals surface area contributed by atoms with Crippen molar-refractivity contribution in [3.63, 3.8) is 0 Å². The molecule has 0 aliphatic carbocycles. The molecule has 5 atom stereocenters. The van der Waals surface area contributed by atoms with Crippen LogP contribution in [-0.2, 0) is 25.6 Å². The van der Waals surface area contributed by atoms with Gasteiger partial charge in [-0.3, -0.25) is 19.4 Å². The quantitative estimate of drug-likeness (QED) is 0.0630. The molecular formula is C24H39N7O7. The lowest BCUT2D eigenvalue weighted by Crippen LogP contribution is -2.59. The number of benzene rings is 1. The van der Waals surface area contributed by atoms with Crippen LogP contribution in [0, 0.1) is 5.92 Å². The number of amides is 3. The summed E-state index contributed by atoms with van der Waals surface area (Å²) in [5.74, 6) is -4.06. The Balaban J connectivity index is 3.00. The summed E-state index contributed by atoms with van der Waals surface area (Å²) in [4.78, 5) is 53.9. The molecule has 0 fully saturated rings. The topological polar surface area (TPSA) is 255 Å². The number of hydrogen-bond acceptors (Lipinski definition) is 8. The average Bonchev–Trinajstić information content (AvgIpc) is 2.87. The third kappa shape index (κ3) is 11.0. The first-order valence-corrected chi connectivity index (χ1v) is 12.2. The Bertz CT molecular complexity index is 967. The molecular weight excluding hydrogens is 498 g/mol. The number of hydrogen-bond donors (Lipinski definition) is 9. The van der Waals surface area contributed by atoms with Gasteiger partial charge >= 0.3 is 5.97 Å². The zero-order valence-electron chi connectivity index (χ0n) is 21.6. The predicted octanol–water partition coefficient (Wildman–Crippen LogP) is -2.11. The van der Waals surface area contributed by atoms with Crippen LogP contribution in [0.25, 0.3) is 0 Å². The van der Waals surface area contributed by atoms with E-state index in [2.05, 4.69) is 20.9 Å². The molecule has 212 valence electrons. The molecule has 12 N–H and O–H groups in total. The molecule has 1 rings (SSSR count). The zero-order chi connectivity index (χ0) is 28.8. The standard InChI is InChI=1S/C24H39N7O7/c1-3-13(2)19(23(37)38)31-22(36)18(12-32)30-21(35)17(11-14-6-8-15(33)9-7-14)29-20(34)16(25)5-4-10-28-24(26)27/h6-9,13,16-19,32-33H,3-5,10-12,25H2,1-2H3,(H,29,34)(H,30,35)(H,31,36)(H,37,38)(H4,26,27,28). The second-order valence-electron chi connectivity index (χ2n) is 8.94. The molecule has 0 saturated carbocycles. The maximum Gasteiger partial charge on any atom is 0.326 e. The molecule has 0 radical (unpaired) electrons. The van der Waals surface area contributed by atoms with Crippen LogP contribution in [-0.4, -0.2) is 82.3 Å². The Morgan fingerprint density at radius 2 is 1.55 bits per heavy atom. The number of aromatic hydroxyl groups is 1. The van der Waals surface area contributed by atoms with Crippen LogP contribution in [0.5, 0.6) is 5.75 Å². The molecule has 38 heavy (non-hydrogen) atoms. The van der Waals surface area contributed by atoms with Crippen molar-refractivity contribution < 1.29 is 34.5 Å². The third-order valence-corrected chi connectivity index (χ3v) is 5.91. The van der Waals surface area contributed by atoms with Crippen molar-refractivity contribution in [2.75, 3.05) is 13.2 Å². The number of phenols is 1. The minimum Gasteiger partial charge on any atom is -0.508 e. The van der Waals surface area contributed by atoms with Crippen LogP contribution in [0.1, 0.15) is 38.7 Å². The highest BCUT2D eigenvalue weighted by Gasteiger charge is 2.31. The third-order valence-electron chi connectivity index (χ3n) is 5.91. The first kappa shape index (κ1) is 32.1. The van der Waals surface area contributed by atoms with Crippen molar-refractivity contribution in [2.45, 2.75) is 63.7 Å². The molecule has 14 heteroatoms. The number of nitrogens with two attached hydrogens (primary N) is 3. The van der Waals surface area contributed by atoms with Crippen LogP contribution in [0.3, 0.4) is 0 Å². The molecule has 0 aliphatic rings. The van der Waals surface area contributed by atoms with E-state index in [1.165, 1.54) is 12.1 Å². The van der Waals surface area contributed by atoms with Gasteiger partial charge in [-0.25, -0.2) is 4.79 Å². The second-order valence-corrected chi connectivity index (χ2v) is 8.94. The largest absolute Gasteiger partial charge is 0.508 e. The van der Waals surface area contributed by atoms with E-state index in [-0.39, 0.29) is 31.1 Å². The van der Waals surface area contributed by atoms with E-state index < -0.39 is 60.4 Å². The number of nitrogens with one attached hydrogen (secondary N) is 3. The number of nitrogens with zero attached hydrogens (tertiary/aromatic N) is 1. The minimum absolute atomic E-state index is 0.00731. The van der Waals surface area contributed by atoms with Gasteiger partial charge in [-0.2, -0.15) is 0 Å². The fourth-order valence-electron chi connectivity index (χ4n) is 3.41. The number of carbonyl (C=O) groups excluding carboxylic acids is 3. The average molecular weight is 538 g/mol. The molecule has 14 nitrogen and oxygen atoms in total. The Morgan fingerprint density at radius 1 is 0.974 bits per heavy atom. The number of guanidine groups is 1. The number of aliphatic carboxylic acids is 1. The van der Waals surface area contributed by atoms with Gasteiger partial charge in [0, 0.05) is 13.0 Å². The summed E-state index contributed by atoms with van der Waals surface area (Å²) in [6, 6.07) is 1.04. The fourth-order valence-corrected chi connectivity index (χ4v) is 3.41. The molecule has 0 heterocycles. The first-order valence-electron chi connectivity index (χ1n) is 12.2. The lowest BCUT2D eigenvalue weighted by molar-refractivity contribution is -0.144. The van der Waals surface area contributed by atoms with Crippen molar-refractivity contribution in [1.82, 2.24) is 16.0 Å². The smallest absolute Gasteiger partial charge is 0.326 e. The molecule has 0 spiro atoms. The van der Waals surface area contributed by atoms with Crippen LogP contribution >= 0.6 is 0 Å². The van der Waals surface area contributed by atoms with Crippen LogP contribution < -0.4 is 33.2 Å². The molecule has 1 aromatic carbocycles. The predicted molar refractivity (Wildman–Crippen MR) is 140 cm³/mol. The van der Waals surface area contributed by atoms with Gasteiger partial charge in [0.2, 0.25) is 17.7 Å². The highest BCUT2D eigenvalue weighted by molar-refractivity contribution is 5.94. The van der Waals surface area contributed by atoms with E-state index in [0.29, 0.717) is 18.4 Å². The first-order chi connectivity index (χ1) is 17.9. The van der Waals surface area contributed by atoms with E-state index in [9.17, 15) is 34.5 Å². The van der Waals surface area contributed by atoms with Crippen LogP contribution in [0.15, 0.2) is 29.3 Å². The minimum atomic E-state index is -1.47. The van der Waals surface area contributed by atoms with Gasteiger partial charge in [0.25, 0.3) is 0 Å². The van der Waals surface area contributed by atoms with Crippen LogP contribution in [0.2, 0.25) is 0 Å². The number of aliphatic hydroxyl groups is 1. The maximum atomic E-state index is 13.1. The van der Waals surface area contributed by atoms with Gasteiger partial charge in [-0.05, 0) is 36.5 Å². The van der Waals surface area contributed by atoms with Gasteiger partial charge < -0.3 is 48.5 Å². The van der Waals surface area contributed by atoms with Crippen LogP contribution in [0.4, 0.5) is 0 Å². The Morgan fingerprint density at radius 3 is 2.08 bits per heavy atom. The molecule has 1 aromatic rings. The van der Waals surface area contributed by atoms with Gasteiger partial charge in [0.05, 0.1) is 12.6 Å². The van der Waals surface area contributed by atoms with Crippen molar-refractivity contribution in [2.24, 2.45) is 28.1 Å². The number of aliphatic imine (C=N–C) groups is 1. The Labute approximate surface area is 221 Å². The summed E-state index contributed by atoms with van der Waals surface area (Å²) in [6.07, 6.45) is 1.09. The summed E-state index contributed by atoms with van der Waals surface area (Å²) in [5.41, 5.74) is 17.1. The molecule has 0 saturated heterocycles. The molecule has 0 aliphatic heterocycles. The number of carboxylic acids is 1. The van der Waals surface area contributed by atoms with Gasteiger partial charge in [-0.15, -0.1) is 0 Å². The van der Waals surface area contributed by atoms with E-state index in [0.717, 1.165) is 0 Å². The molecule has 5 unspecified atom stereocenters. The summed E-state index contributed by atoms with van der Waals surface area (Å²) >= 11 is 0. The van der Waals surface area contributed by atoms with Crippen molar-refractivity contribution >= 4 is 29.7 Å². The van der Waals surface area contributed by atoms with Gasteiger partial charge in [-0.1, -0.05) is 32.4 Å². The summed E-state index contributed by atoms with van der Waals surface area (Å²) in [6.45, 7) is 2.87. The molecule has 0 bridgehead atoms. The number of phenolic OH excluding ortho intramolecular Hbond substituents is 1. The number of carbonyl (C=O) groups is 4.